The van der Waals surface area contributed by atoms with Crippen LogP contribution in [0.4, 0.5) is 0 Å². The van der Waals surface area contributed by atoms with Crippen LogP contribution in [0.15, 0.2) is 292 Å². The normalized spacial score (nSPS) is 9.15. The highest BCUT2D eigenvalue weighted by Gasteiger charge is 1.98. The van der Waals surface area contributed by atoms with Crippen molar-refractivity contribution < 1.29 is 0 Å². The lowest BCUT2D eigenvalue weighted by molar-refractivity contribution is 1.22. The molecule has 16 rings (SSSR count). The minimum absolute atomic E-state index is 1.07. The van der Waals surface area contributed by atoms with E-state index in [9.17, 15) is 0 Å². The first-order chi connectivity index (χ1) is 50.9. The van der Waals surface area contributed by atoms with Crippen LogP contribution in [0.1, 0.15) is 156 Å². The lowest BCUT2D eigenvalue weighted by Gasteiger charge is -1.97. The molecule has 0 bridgehead atoms. The Labute approximate surface area is 626 Å². The Morgan fingerprint density at radius 3 is 1.21 bits per heavy atom. The van der Waals surface area contributed by atoms with Gasteiger partial charge in [0, 0.05) is 110 Å². The molecule has 0 aliphatic rings. The van der Waals surface area contributed by atoms with Gasteiger partial charge in [0.05, 0.1) is 27.6 Å². The molecule has 8 aromatic heterocycles. The highest BCUT2D eigenvalue weighted by molar-refractivity contribution is 5.85. The van der Waals surface area contributed by atoms with Crippen molar-refractivity contribution in [3.63, 3.8) is 0 Å². The summed E-state index contributed by atoms with van der Waals surface area (Å²) in [6.45, 7) is 48.5. The van der Waals surface area contributed by atoms with Gasteiger partial charge in [-0.15, -0.1) is 0 Å². The summed E-state index contributed by atoms with van der Waals surface area (Å²) in [7, 11) is 0. The summed E-state index contributed by atoms with van der Waals surface area (Å²) in [6.07, 6.45) is 16.7. The first-order valence-electron chi connectivity index (χ1n) is 37.4. The molecular formula is C96H120N8. The van der Waals surface area contributed by atoms with Gasteiger partial charge < -0.3 is 0 Å². The van der Waals surface area contributed by atoms with Crippen LogP contribution in [-0.2, 0) is 0 Å². The quantitative estimate of drug-likeness (QED) is 0.148. The Kier molecular flexibility index (Phi) is 48.8. The molecule has 8 heterocycles. The molecule has 0 amide bonds. The van der Waals surface area contributed by atoms with Crippen molar-refractivity contribution in [2.45, 2.75) is 166 Å². The molecule has 0 aliphatic carbocycles. The van der Waals surface area contributed by atoms with Crippen LogP contribution in [0.5, 0.6) is 0 Å². The second-order valence-electron chi connectivity index (χ2n) is 21.5. The van der Waals surface area contributed by atoms with Crippen molar-refractivity contribution in [3.05, 3.63) is 337 Å². The molecule has 0 saturated heterocycles. The average molecular weight is 1390 g/mol. The van der Waals surface area contributed by atoms with Gasteiger partial charge in [0.1, 0.15) is 0 Å². The molecular weight excluding hydrogens is 1270 g/mol. The zero-order chi connectivity index (χ0) is 77.5. The maximum Gasteiger partial charge on any atom is 0.0731 e. The van der Waals surface area contributed by atoms with Gasteiger partial charge >= 0.3 is 0 Å². The van der Waals surface area contributed by atoms with Crippen LogP contribution < -0.4 is 0 Å². The van der Waals surface area contributed by atoms with Crippen molar-refractivity contribution in [2.24, 2.45) is 0 Å². The monoisotopic (exact) mass is 1380 g/mol. The molecule has 0 spiro atoms. The summed E-state index contributed by atoms with van der Waals surface area (Å²) in [5, 5.41) is 13.5. The lowest BCUT2D eigenvalue weighted by Crippen LogP contribution is -1.80. The van der Waals surface area contributed by atoms with Crippen molar-refractivity contribution in [1.82, 2.24) is 39.9 Å². The van der Waals surface area contributed by atoms with E-state index in [0.29, 0.717) is 0 Å². The van der Waals surface area contributed by atoms with Crippen LogP contribution in [0.2, 0.25) is 0 Å². The lowest BCUT2D eigenvalue weighted by atomic mass is 10.1. The second-order valence-corrected chi connectivity index (χ2v) is 21.5. The fourth-order valence-corrected chi connectivity index (χ4v) is 9.58. The first kappa shape index (κ1) is 91.1. The predicted molar refractivity (Wildman–Crippen MR) is 463 cm³/mol. The number of nitrogens with zero attached hydrogens (tertiary/aromatic N) is 8. The van der Waals surface area contributed by atoms with Gasteiger partial charge in [-0.3, -0.25) is 39.9 Å². The van der Waals surface area contributed by atoms with E-state index in [2.05, 4.69) is 227 Å². The third-order valence-electron chi connectivity index (χ3n) is 14.2. The molecule has 0 N–H and O–H groups in total. The SMILES string of the molecule is CC.CC.CC.CC.CC.CC.CC.CC.Cc1cc2ccccc2cn1.Cc1ccc2ccccc2n1.Cc1ccc2cccnc2c1.Cc1ccc2ccncc2c1.Cc1ccc2cnccc2c1.Cc1ccc2ncccc2c1.Cc1cccc2cccnc12.Cc1cnc2ccccc2c1. The number of hydrogen-bond acceptors (Lipinski definition) is 8. The number of hydrogen-bond donors (Lipinski definition) is 0. The van der Waals surface area contributed by atoms with E-state index in [4.69, 9.17) is 0 Å². The Morgan fingerprint density at radius 1 is 0.192 bits per heavy atom. The van der Waals surface area contributed by atoms with Crippen LogP contribution in [-0.4, -0.2) is 39.9 Å². The molecule has 0 atom stereocenters. The highest BCUT2D eigenvalue weighted by atomic mass is 14.7. The van der Waals surface area contributed by atoms with Crippen LogP contribution in [0, 0.1) is 55.4 Å². The summed E-state index contributed by atoms with van der Waals surface area (Å²) in [5.74, 6) is 0. The Balaban J connectivity index is 0.000000578. The van der Waals surface area contributed by atoms with E-state index in [1.54, 1.807) is 0 Å². The number of rotatable bonds is 0. The van der Waals surface area contributed by atoms with Crippen molar-refractivity contribution >= 4 is 86.8 Å². The topological polar surface area (TPSA) is 103 Å². The van der Waals surface area contributed by atoms with Gasteiger partial charge in [-0.05, 0) is 173 Å². The molecule has 544 valence electrons. The molecule has 0 radical (unpaired) electrons. The third kappa shape index (κ3) is 32.8. The zero-order valence-corrected chi connectivity index (χ0v) is 67.3. The van der Waals surface area contributed by atoms with E-state index in [1.807, 2.05) is 271 Å². The molecule has 0 unspecified atom stereocenters. The van der Waals surface area contributed by atoms with Crippen molar-refractivity contribution in [3.8, 4) is 0 Å². The number of aromatic nitrogens is 8. The van der Waals surface area contributed by atoms with Gasteiger partial charge in [0.15, 0.2) is 0 Å². The highest BCUT2D eigenvalue weighted by Crippen LogP contribution is 2.19. The second kappa shape index (κ2) is 55.7. The van der Waals surface area contributed by atoms with E-state index >= 15 is 0 Å². The Bertz CT molecular complexity index is 4110. The summed E-state index contributed by atoms with van der Waals surface area (Å²) >= 11 is 0. The molecule has 0 aliphatic heterocycles. The van der Waals surface area contributed by atoms with Crippen molar-refractivity contribution in [1.29, 1.82) is 0 Å². The Hall–Kier alpha value is -11.0. The van der Waals surface area contributed by atoms with E-state index < -0.39 is 0 Å². The largest absolute Gasteiger partial charge is 0.264 e. The molecule has 104 heavy (non-hydrogen) atoms. The van der Waals surface area contributed by atoms with Crippen LogP contribution in [0.25, 0.3) is 86.8 Å². The number of aryl methyl sites for hydroxylation is 8. The smallest absolute Gasteiger partial charge is 0.0731 e. The number of pyridine rings is 8. The summed E-state index contributed by atoms with van der Waals surface area (Å²) < 4.78 is 0. The first-order valence-corrected chi connectivity index (χ1v) is 37.4. The predicted octanol–water partition coefficient (Wildman–Crippen LogP) is 28.6. The zero-order valence-electron chi connectivity index (χ0n) is 67.3. The summed E-state index contributed by atoms with van der Waals surface area (Å²) in [5.41, 5.74) is 15.1. The molecule has 0 fully saturated rings. The molecule has 16 aromatic rings. The van der Waals surface area contributed by atoms with E-state index in [1.165, 1.54) is 92.6 Å². The number of fused-ring (bicyclic) bond motifs is 8. The van der Waals surface area contributed by atoms with Gasteiger partial charge in [-0.1, -0.05) is 279 Å². The van der Waals surface area contributed by atoms with E-state index in [0.717, 1.165) is 39.0 Å². The van der Waals surface area contributed by atoms with Gasteiger partial charge in [0.25, 0.3) is 0 Å². The standard InChI is InChI=1S/8C10H9N.8C2H6/c1-8-4-2-5-9-6-3-7-11-10(8)9;1-8-2-3-10-7-11-5-4-9(10)6-8;1-8-2-3-9-4-5-11-7-10(9)6-8;1-8-4-5-10-9(7-8)3-2-6-11-10;1-8-4-5-9-3-2-6-11-10(9)7-8;1-8-6-9-4-2-3-5-10(9)7-11-8;1-8-6-9-4-2-3-5-10(9)11-7-8;1-8-6-7-9-4-2-3-5-10(9)11-8;8*1-2/h8*2-7H,1H3;8*1-2H3. The van der Waals surface area contributed by atoms with Crippen LogP contribution >= 0.6 is 0 Å². The molecule has 8 aromatic carbocycles. The number of benzene rings is 8. The third-order valence-corrected chi connectivity index (χ3v) is 14.2. The Morgan fingerprint density at radius 2 is 0.587 bits per heavy atom. The van der Waals surface area contributed by atoms with Gasteiger partial charge in [0.2, 0.25) is 0 Å². The van der Waals surface area contributed by atoms with Crippen LogP contribution in [0.3, 0.4) is 0 Å². The maximum atomic E-state index is 4.38. The molecule has 8 heteroatoms. The summed E-state index contributed by atoms with van der Waals surface area (Å²) in [6, 6.07) is 80.5. The molecule has 8 nitrogen and oxygen atoms in total. The average Bonchev–Trinajstić information content (AvgIpc) is 0.884. The fraction of sp³-hybridized carbons (Fsp3) is 0.250. The molecule has 0 saturated carbocycles. The van der Waals surface area contributed by atoms with Gasteiger partial charge in [-0.2, -0.15) is 0 Å². The minimum Gasteiger partial charge on any atom is -0.264 e. The minimum atomic E-state index is 1.07. The fourth-order valence-electron chi connectivity index (χ4n) is 9.58. The maximum absolute atomic E-state index is 4.38. The van der Waals surface area contributed by atoms with Gasteiger partial charge in [-0.25, -0.2) is 0 Å². The van der Waals surface area contributed by atoms with Crippen molar-refractivity contribution in [2.75, 3.05) is 0 Å². The summed E-state index contributed by atoms with van der Waals surface area (Å²) in [4.78, 5) is 33.7. The van der Waals surface area contributed by atoms with E-state index in [-0.39, 0.29) is 0 Å². The number of para-hydroxylation sites is 3.